The summed E-state index contributed by atoms with van der Waals surface area (Å²) in [5.41, 5.74) is 0. The number of aliphatic hydroxyl groups excluding tert-OH is 4. The number of cyclic esters (lactones) is 1. The van der Waals surface area contributed by atoms with Crippen molar-refractivity contribution in [3.8, 4) is 0 Å². The van der Waals surface area contributed by atoms with Gasteiger partial charge in [0.15, 0.2) is 5.76 Å². The molecule has 0 aromatic rings. The molecule has 0 bridgehead atoms. The lowest BCUT2D eigenvalue weighted by atomic mass is 10.0. The number of carbonyl (C=O) groups excluding carboxylic acids is 1. The van der Waals surface area contributed by atoms with Gasteiger partial charge in [-0.2, -0.15) is 0 Å². The third-order valence-corrected chi connectivity index (χ3v) is 1.54. The van der Waals surface area contributed by atoms with Crippen LogP contribution in [0.4, 0.5) is 0 Å². The molecule has 0 radical (unpaired) electrons. The van der Waals surface area contributed by atoms with E-state index in [4.69, 9.17) is 20.4 Å². The fraction of sp³-hybridized carbons (Fsp3) is 0.500. The molecule has 0 aliphatic carbocycles. The second-order valence-corrected chi connectivity index (χ2v) is 2.34. The van der Waals surface area contributed by atoms with Gasteiger partial charge in [0.1, 0.15) is 5.92 Å². The number of hydrogen-bond acceptors (Lipinski definition) is 6. The molecule has 4 N–H and O–H groups in total. The molecule has 12 heavy (non-hydrogen) atoms. The third-order valence-electron chi connectivity index (χ3n) is 1.54. The third kappa shape index (κ3) is 1.21. The first-order valence-electron chi connectivity index (χ1n) is 3.20. The monoisotopic (exact) mass is 176 g/mol. The molecular formula is C6H8O6. The van der Waals surface area contributed by atoms with E-state index in [2.05, 4.69) is 4.74 Å². The van der Waals surface area contributed by atoms with Gasteiger partial charge < -0.3 is 25.2 Å². The molecular weight excluding hydrogens is 168 g/mol. The minimum Gasteiger partial charge on any atom is -0.505 e. The Kier molecular flexibility index (Phi) is 2.20. The molecule has 0 saturated heterocycles. The molecule has 2 atom stereocenters. The zero-order chi connectivity index (χ0) is 9.30. The summed E-state index contributed by atoms with van der Waals surface area (Å²) in [6.07, 6.45) is -1.46. The van der Waals surface area contributed by atoms with Crippen LogP contribution < -0.4 is 0 Å². The van der Waals surface area contributed by atoms with Gasteiger partial charge >= 0.3 is 11.9 Å². The summed E-state index contributed by atoms with van der Waals surface area (Å²) >= 11 is 0. The van der Waals surface area contributed by atoms with Crippen LogP contribution in [0.2, 0.25) is 0 Å². The largest absolute Gasteiger partial charge is 0.505 e. The van der Waals surface area contributed by atoms with Crippen LogP contribution in [0.5, 0.6) is 0 Å². The highest BCUT2D eigenvalue weighted by Gasteiger charge is 2.41. The fourth-order valence-corrected chi connectivity index (χ4v) is 0.900. The first kappa shape index (κ1) is 8.82. The Morgan fingerprint density at radius 3 is 2.42 bits per heavy atom. The van der Waals surface area contributed by atoms with Crippen molar-refractivity contribution in [2.24, 2.45) is 5.92 Å². The predicted octanol–water partition coefficient (Wildman–Crippen LogP) is -1.20. The Morgan fingerprint density at radius 2 is 2.08 bits per heavy atom. The van der Waals surface area contributed by atoms with Gasteiger partial charge in [-0.3, -0.25) is 4.79 Å². The zero-order valence-electron chi connectivity index (χ0n) is 5.97. The summed E-state index contributed by atoms with van der Waals surface area (Å²) in [6.45, 7) is -0.697. The Balaban J connectivity index is 2.83. The molecule has 0 amide bonds. The van der Waals surface area contributed by atoms with E-state index in [-0.39, 0.29) is 0 Å². The van der Waals surface area contributed by atoms with Crippen LogP contribution in [0.25, 0.3) is 0 Å². The molecule has 1 aliphatic rings. The summed E-state index contributed by atoms with van der Waals surface area (Å²) in [5, 5.41) is 35.0. The number of aliphatic hydroxyl groups is 4. The molecule has 6 heteroatoms. The molecule has 1 aliphatic heterocycles. The minimum absolute atomic E-state index is 0.697. The second-order valence-electron chi connectivity index (χ2n) is 2.34. The van der Waals surface area contributed by atoms with Crippen LogP contribution >= 0.6 is 0 Å². The van der Waals surface area contributed by atoms with Gasteiger partial charge in [-0.05, 0) is 0 Å². The number of carbonyl (C=O) groups is 1. The lowest BCUT2D eigenvalue weighted by molar-refractivity contribution is -0.146. The minimum atomic E-state index is -1.46. The Bertz CT molecular complexity index is 232. The Hall–Kier alpha value is -1.27. The molecule has 0 fully saturated rings. The normalized spacial score (nSPS) is 25.8. The highest BCUT2D eigenvalue weighted by Crippen LogP contribution is 2.25. The molecule has 0 spiro atoms. The molecule has 2 unspecified atom stereocenters. The molecule has 68 valence electrons. The number of esters is 1. The van der Waals surface area contributed by atoms with Gasteiger partial charge in [0.25, 0.3) is 0 Å². The molecule has 1 rings (SSSR count). The van der Waals surface area contributed by atoms with Gasteiger partial charge in [0.2, 0.25) is 0 Å². The van der Waals surface area contributed by atoms with Crippen molar-refractivity contribution in [2.75, 3.05) is 6.61 Å². The highest BCUT2D eigenvalue weighted by atomic mass is 16.6. The van der Waals surface area contributed by atoms with E-state index in [0.717, 1.165) is 0 Å². The second kappa shape index (κ2) is 3.00. The van der Waals surface area contributed by atoms with E-state index < -0.39 is 36.3 Å². The average molecular weight is 176 g/mol. The van der Waals surface area contributed by atoms with Crippen molar-refractivity contribution >= 4 is 5.97 Å². The van der Waals surface area contributed by atoms with E-state index in [9.17, 15) is 4.79 Å². The van der Waals surface area contributed by atoms with Crippen molar-refractivity contribution < 1.29 is 30.0 Å². The maximum atomic E-state index is 10.7. The number of hydrogen-bond donors (Lipinski definition) is 4. The SMILES string of the molecule is O=C1OC(O)=C(O)C1C(O)CO. The molecule has 1 heterocycles. The van der Waals surface area contributed by atoms with Crippen molar-refractivity contribution in [2.45, 2.75) is 6.10 Å². The molecule has 0 aromatic carbocycles. The first-order valence-corrected chi connectivity index (χ1v) is 3.20. The van der Waals surface area contributed by atoms with Gasteiger partial charge in [-0.25, -0.2) is 0 Å². The fourth-order valence-electron chi connectivity index (χ4n) is 0.900. The molecule has 0 aromatic heterocycles. The number of rotatable bonds is 2. The van der Waals surface area contributed by atoms with Crippen LogP contribution in [-0.2, 0) is 9.53 Å². The van der Waals surface area contributed by atoms with E-state index in [1.807, 2.05) is 0 Å². The van der Waals surface area contributed by atoms with E-state index >= 15 is 0 Å². The van der Waals surface area contributed by atoms with Crippen molar-refractivity contribution in [3.63, 3.8) is 0 Å². The van der Waals surface area contributed by atoms with Gasteiger partial charge in [0, 0.05) is 0 Å². The lowest BCUT2D eigenvalue weighted by Crippen LogP contribution is -2.30. The highest BCUT2D eigenvalue weighted by molar-refractivity contribution is 5.79. The number of ether oxygens (including phenoxy) is 1. The zero-order valence-corrected chi connectivity index (χ0v) is 5.97. The summed E-state index contributed by atoms with van der Waals surface area (Å²) in [4.78, 5) is 10.7. The van der Waals surface area contributed by atoms with Crippen LogP contribution in [0, 0.1) is 5.92 Å². The van der Waals surface area contributed by atoms with E-state index in [0.29, 0.717) is 0 Å². The van der Waals surface area contributed by atoms with Crippen molar-refractivity contribution in [1.82, 2.24) is 0 Å². The van der Waals surface area contributed by atoms with Gasteiger partial charge in [-0.1, -0.05) is 0 Å². The summed E-state index contributed by atoms with van der Waals surface area (Å²) in [7, 11) is 0. The average Bonchev–Trinajstić information content (AvgIpc) is 2.26. The Labute approximate surface area is 67.3 Å². The van der Waals surface area contributed by atoms with Crippen LogP contribution in [0.15, 0.2) is 11.7 Å². The first-order chi connectivity index (χ1) is 5.57. The topological polar surface area (TPSA) is 107 Å². The molecule has 6 nitrogen and oxygen atoms in total. The summed E-state index contributed by atoms with van der Waals surface area (Å²) < 4.78 is 4.08. The summed E-state index contributed by atoms with van der Waals surface area (Å²) in [5.74, 6) is -4.03. The van der Waals surface area contributed by atoms with Crippen molar-refractivity contribution in [1.29, 1.82) is 0 Å². The van der Waals surface area contributed by atoms with Gasteiger partial charge in [-0.15, -0.1) is 0 Å². The predicted molar refractivity (Wildman–Crippen MR) is 35.0 cm³/mol. The van der Waals surface area contributed by atoms with Crippen molar-refractivity contribution in [3.05, 3.63) is 11.7 Å². The maximum absolute atomic E-state index is 10.7. The smallest absolute Gasteiger partial charge is 0.327 e. The summed E-state index contributed by atoms with van der Waals surface area (Å²) in [6, 6.07) is 0. The van der Waals surface area contributed by atoms with Crippen LogP contribution in [-0.4, -0.2) is 39.1 Å². The van der Waals surface area contributed by atoms with Crippen LogP contribution in [0.3, 0.4) is 0 Å². The molecule has 0 saturated carbocycles. The van der Waals surface area contributed by atoms with Gasteiger partial charge in [0.05, 0.1) is 12.7 Å². The van der Waals surface area contributed by atoms with E-state index in [1.165, 1.54) is 0 Å². The lowest BCUT2D eigenvalue weighted by Gasteiger charge is -2.10. The quantitative estimate of drug-likeness (QED) is 0.393. The van der Waals surface area contributed by atoms with Crippen LogP contribution in [0.1, 0.15) is 0 Å². The standard InChI is InChI=1S/C6H8O6/c7-1-2(8)3-4(9)6(11)12-5(3)10/h2-3,7-9,11H,1H2. The van der Waals surface area contributed by atoms with E-state index in [1.54, 1.807) is 0 Å². The Morgan fingerprint density at radius 1 is 1.50 bits per heavy atom. The maximum Gasteiger partial charge on any atom is 0.327 e.